The SMILES string of the molecule is COc1ccccc1CNC(=O)c1cncc(C(=O)Nc2ccc(C)cc2)c1. The highest BCUT2D eigenvalue weighted by Gasteiger charge is 2.12. The lowest BCUT2D eigenvalue weighted by Gasteiger charge is -2.10. The van der Waals surface area contributed by atoms with Gasteiger partial charge in [0.1, 0.15) is 5.75 Å². The highest BCUT2D eigenvalue weighted by atomic mass is 16.5. The van der Waals surface area contributed by atoms with Crippen molar-refractivity contribution >= 4 is 17.5 Å². The molecule has 3 aromatic rings. The summed E-state index contributed by atoms with van der Waals surface area (Å²) in [5, 5.41) is 5.62. The molecule has 0 saturated carbocycles. The van der Waals surface area contributed by atoms with E-state index in [0.29, 0.717) is 29.1 Å². The van der Waals surface area contributed by atoms with Crippen molar-refractivity contribution in [2.24, 2.45) is 0 Å². The molecule has 2 N–H and O–H groups in total. The number of para-hydroxylation sites is 1. The van der Waals surface area contributed by atoms with E-state index in [1.165, 1.54) is 18.5 Å². The van der Waals surface area contributed by atoms with Crippen LogP contribution in [0.25, 0.3) is 0 Å². The second kappa shape index (κ2) is 8.81. The third kappa shape index (κ3) is 4.73. The molecule has 2 aromatic carbocycles. The number of nitrogens with zero attached hydrogens (tertiary/aromatic N) is 1. The van der Waals surface area contributed by atoms with Crippen LogP contribution >= 0.6 is 0 Å². The number of methoxy groups -OCH3 is 1. The maximum absolute atomic E-state index is 12.5. The molecule has 0 aliphatic carbocycles. The predicted octanol–water partition coefficient (Wildman–Crippen LogP) is 3.58. The molecule has 0 spiro atoms. The van der Waals surface area contributed by atoms with Crippen LogP contribution in [0.2, 0.25) is 0 Å². The molecule has 28 heavy (non-hydrogen) atoms. The number of aromatic nitrogens is 1. The fourth-order valence-corrected chi connectivity index (χ4v) is 2.66. The lowest BCUT2D eigenvalue weighted by Crippen LogP contribution is -2.24. The van der Waals surface area contributed by atoms with Gasteiger partial charge in [-0.1, -0.05) is 35.9 Å². The van der Waals surface area contributed by atoms with Crippen molar-refractivity contribution in [3.63, 3.8) is 0 Å². The first-order valence-corrected chi connectivity index (χ1v) is 8.80. The summed E-state index contributed by atoms with van der Waals surface area (Å²) < 4.78 is 5.28. The van der Waals surface area contributed by atoms with Crippen LogP contribution in [0.1, 0.15) is 31.8 Å². The van der Waals surface area contributed by atoms with Crippen LogP contribution < -0.4 is 15.4 Å². The van der Waals surface area contributed by atoms with Gasteiger partial charge in [-0.15, -0.1) is 0 Å². The van der Waals surface area contributed by atoms with Crippen LogP contribution in [-0.4, -0.2) is 23.9 Å². The third-order valence-electron chi connectivity index (χ3n) is 4.20. The summed E-state index contributed by atoms with van der Waals surface area (Å²) in [5.41, 5.74) is 3.27. The topological polar surface area (TPSA) is 80.3 Å². The summed E-state index contributed by atoms with van der Waals surface area (Å²) in [5.74, 6) is 0.0614. The highest BCUT2D eigenvalue weighted by molar-refractivity contribution is 6.05. The fourth-order valence-electron chi connectivity index (χ4n) is 2.66. The van der Waals surface area contributed by atoms with Gasteiger partial charge in [0.15, 0.2) is 0 Å². The number of pyridine rings is 1. The summed E-state index contributed by atoms with van der Waals surface area (Å²) in [6.07, 6.45) is 2.86. The lowest BCUT2D eigenvalue weighted by atomic mass is 10.1. The van der Waals surface area contributed by atoms with Gasteiger partial charge in [-0.2, -0.15) is 0 Å². The van der Waals surface area contributed by atoms with E-state index < -0.39 is 0 Å². The molecular weight excluding hydrogens is 354 g/mol. The Balaban J connectivity index is 1.67. The van der Waals surface area contributed by atoms with E-state index in [2.05, 4.69) is 15.6 Å². The Labute approximate surface area is 163 Å². The zero-order valence-electron chi connectivity index (χ0n) is 15.7. The molecule has 0 fully saturated rings. The van der Waals surface area contributed by atoms with Gasteiger partial charge in [0.2, 0.25) is 0 Å². The van der Waals surface area contributed by atoms with Crippen molar-refractivity contribution in [2.45, 2.75) is 13.5 Å². The van der Waals surface area contributed by atoms with Crippen LogP contribution in [0.15, 0.2) is 67.0 Å². The number of aryl methyl sites for hydroxylation is 1. The average Bonchev–Trinajstić information content (AvgIpc) is 2.74. The van der Waals surface area contributed by atoms with E-state index in [1.807, 2.05) is 55.5 Å². The molecule has 0 saturated heterocycles. The number of hydrogen-bond acceptors (Lipinski definition) is 4. The van der Waals surface area contributed by atoms with E-state index in [0.717, 1.165) is 11.1 Å². The Morgan fingerprint density at radius 1 is 0.964 bits per heavy atom. The van der Waals surface area contributed by atoms with E-state index in [-0.39, 0.29) is 11.8 Å². The molecule has 1 aromatic heterocycles. The fraction of sp³-hybridized carbons (Fsp3) is 0.136. The second-order valence-electron chi connectivity index (χ2n) is 6.28. The standard InChI is InChI=1S/C22H21N3O3/c1-15-7-9-19(10-8-15)25-22(27)18-11-17(12-23-13-18)21(26)24-14-16-5-3-4-6-20(16)28-2/h3-13H,14H2,1-2H3,(H,24,26)(H,25,27). The smallest absolute Gasteiger partial charge is 0.257 e. The minimum Gasteiger partial charge on any atom is -0.496 e. The molecule has 0 radical (unpaired) electrons. The van der Waals surface area contributed by atoms with E-state index in [9.17, 15) is 9.59 Å². The summed E-state index contributed by atoms with van der Waals surface area (Å²) in [6.45, 7) is 2.28. The first kappa shape index (κ1) is 19.1. The molecule has 6 heteroatoms. The molecule has 0 aliphatic heterocycles. The van der Waals surface area contributed by atoms with Gasteiger partial charge in [-0.05, 0) is 31.2 Å². The summed E-state index contributed by atoms with van der Waals surface area (Å²) in [6, 6.07) is 16.4. The highest BCUT2D eigenvalue weighted by Crippen LogP contribution is 2.17. The molecule has 0 bridgehead atoms. The average molecular weight is 375 g/mol. The largest absolute Gasteiger partial charge is 0.496 e. The number of rotatable bonds is 6. The minimum atomic E-state index is -0.323. The molecular formula is C22H21N3O3. The molecule has 0 atom stereocenters. The van der Waals surface area contributed by atoms with Crippen molar-refractivity contribution < 1.29 is 14.3 Å². The Hall–Kier alpha value is -3.67. The van der Waals surface area contributed by atoms with Crippen molar-refractivity contribution in [3.05, 3.63) is 89.2 Å². The number of anilines is 1. The normalized spacial score (nSPS) is 10.2. The Kier molecular flexibility index (Phi) is 6.01. The molecule has 0 unspecified atom stereocenters. The van der Waals surface area contributed by atoms with Crippen molar-refractivity contribution in [1.82, 2.24) is 10.3 Å². The van der Waals surface area contributed by atoms with Crippen molar-refractivity contribution in [1.29, 1.82) is 0 Å². The van der Waals surface area contributed by atoms with Gasteiger partial charge in [0.05, 0.1) is 18.2 Å². The first-order valence-electron chi connectivity index (χ1n) is 8.80. The number of carbonyl (C=O) groups is 2. The number of nitrogens with one attached hydrogen (secondary N) is 2. The van der Waals surface area contributed by atoms with Crippen LogP contribution in [0, 0.1) is 6.92 Å². The molecule has 6 nitrogen and oxygen atoms in total. The maximum atomic E-state index is 12.5. The van der Waals surface area contributed by atoms with Crippen molar-refractivity contribution in [2.75, 3.05) is 12.4 Å². The first-order chi connectivity index (χ1) is 13.6. The number of carbonyl (C=O) groups excluding carboxylic acids is 2. The van der Waals surface area contributed by atoms with Crippen LogP contribution in [0.5, 0.6) is 5.75 Å². The van der Waals surface area contributed by atoms with Gasteiger partial charge < -0.3 is 15.4 Å². The quantitative estimate of drug-likeness (QED) is 0.690. The number of amides is 2. The third-order valence-corrected chi connectivity index (χ3v) is 4.20. The van der Waals surface area contributed by atoms with Crippen LogP contribution in [0.4, 0.5) is 5.69 Å². The predicted molar refractivity (Wildman–Crippen MR) is 108 cm³/mol. The molecule has 1 heterocycles. The summed E-state index contributed by atoms with van der Waals surface area (Å²) in [4.78, 5) is 28.9. The van der Waals surface area contributed by atoms with E-state index in [4.69, 9.17) is 4.74 Å². The second-order valence-corrected chi connectivity index (χ2v) is 6.28. The number of benzene rings is 2. The zero-order chi connectivity index (χ0) is 19.9. The number of hydrogen-bond donors (Lipinski definition) is 2. The zero-order valence-corrected chi connectivity index (χ0v) is 15.7. The lowest BCUT2D eigenvalue weighted by molar-refractivity contribution is 0.0950. The van der Waals surface area contributed by atoms with Crippen molar-refractivity contribution in [3.8, 4) is 5.75 Å². The van der Waals surface area contributed by atoms with Crippen LogP contribution in [0.3, 0.4) is 0 Å². The van der Waals surface area contributed by atoms with Gasteiger partial charge in [-0.25, -0.2) is 0 Å². The Bertz CT molecular complexity index is 984. The van der Waals surface area contributed by atoms with Gasteiger partial charge >= 0.3 is 0 Å². The van der Waals surface area contributed by atoms with Gasteiger partial charge in [0, 0.05) is 30.2 Å². The van der Waals surface area contributed by atoms with E-state index >= 15 is 0 Å². The van der Waals surface area contributed by atoms with Crippen LogP contribution in [-0.2, 0) is 6.54 Å². The summed E-state index contributed by atoms with van der Waals surface area (Å²) in [7, 11) is 1.58. The Morgan fingerprint density at radius 3 is 2.36 bits per heavy atom. The minimum absolute atomic E-state index is 0.308. The monoisotopic (exact) mass is 375 g/mol. The van der Waals surface area contributed by atoms with E-state index in [1.54, 1.807) is 7.11 Å². The molecule has 2 amide bonds. The van der Waals surface area contributed by atoms with Gasteiger partial charge in [0.25, 0.3) is 11.8 Å². The molecule has 3 rings (SSSR count). The maximum Gasteiger partial charge on any atom is 0.257 e. The van der Waals surface area contributed by atoms with Gasteiger partial charge in [-0.3, -0.25) is 14.6 Å². The molecule has 142 valence electrons. The Morgan fingerprint density at radius 2 is 1.64 bits per heavy atom. The molecule has 0 aliphatic rings. The number of ether oxygens (including phenoxy) is 1. The summed E-state index contributed by atoms with van der Waals surface area (Å²) >= 11 is 0.